The van der Waals surface area contributed by atoms with E-state index in [2.05, 4.69) is 12.2 Å². The van der Waals surface area contributed by atoms with Gasteiger partial charge in [-0.15, -0.1) is 0 Å². The highest BCUT2D eigenvalue weighted by molar-refractivity contribution is 6.31. The minimum absolute atomic E-state index is 0.0135. The van der Waals surface area contributed by atoms with E-state index < -0.39 is 11.7 Å². The quantitative estimate of drug-likeness (QED) is 0.395. The molecular weight excluding hydrogens is 437 g/mol. The molecule has 0 saturated carbocycles. The Kier molecular flexibility index (Phi) is 9.94. The van der Waals surface area contributed by atoms with E-state index in [9.17, 15) is 4.79 Å². The fourth-order valence-corrected chi connectivity index (χ4v) is 3.27. The molecule has 31 heavy (non-hydrogen) atoms. The van der Waals surface area contributed by atoms with Crippen LogP contribution in [0.5, 0.6) is 11.5 Å². The van der Waals surface area contributed by atoms with Crippen molar-refractivity contribution in [1.82, 2.24) is 5.32 Å². The van der Waals surface area contributed by atoms with Crippen LogP contribution in [0.2, 0.25) is 10.0 Å². The Balaban J connectivity index is 1.90. The number of carbonyl (C=O) groups is 1. The van der Waals surface area contributed by atoms with Crippen molar-refractivity contribution in [3.63, 3.8) is 0 Å². The van der Waals surface area contributed by atoms with Gasteiger partial charge in [-0.05, 0) is 81.6 Å². The van der Waals surface area contributed by atoms with E-state index in [1.54, 1.807) is 30.3 Å². The minimum atomic E-state index is -0.512. The first-order chi connectivity index (χ1) is 14.6. The fourth-order valence-electron chi connectivity index (χ4n) is 2.90. The molecule has 0 aliphatic carbocycles. The maximum Gasteiger partial charge on any atom is 0.407 e. The van der Waals surface area contributed by atoms with Crippen LogP contribution in [-0.4, -0.2) is 24.3 Å². The molecule has 2 aromatic carbocycles. The predicted molar refractivity (Wildman–Crippen MR) is 125 cm³/mol. The van der Waals surface area contributed by atoms with E-state index in [1.807, 2.05) is 32.9 Å². The van der Waals surface area contributed by atoms with Gasteiger partial charge in [-0.25, -0.2) is 4.79 Å². The van der Waals surface area contributed by atoms with Gasteiger partial charge < -0.3 is 19.5 Å². The van der Waals surface area contributed by atoms with Crippen molar-refractivity contribution in [1.29, 1.82) is 0 Å². The molecule has 2 aromatic rings. The van der Waals surface area contributed by atoms with Crippen LogP contribution in [0.1, 0.15) is 52.5 Å². The van der Waals surface area contributed by atoms with Gasteiger partial charge in [0.05, 0.1) is 12.7 Å². The standard InChI is InChI=1S/C24H31Cl2NO4/c1-5-6-20(11-12-27-23(28)31-24(2,3)4)29-16-17-13-19(26)15-22(14-17)30-21-9-7-18(25)8-10-21/h7-10,13-15,20H,5-6,11-12,16H2,1-4H3,(H,27,28). The summed E-state index contributed by atoms with van der Waals surface area (Å²) in [6, 6.07) is 12.7. The van der Waals surface area contributed by atoms with E-state index in [0.717, 1.165) is 18.4 Å². The van der Waals surface area contributed by atoms with E-state index >= 15 is 0 Å². The van der Waals surface area contributed by atoms with Gasteiger partial charge >= 0.3 is 6.09 Å². The highest BCUT2D eigenvalue weighted by Crippen LogP contribution is 2.28. The molecule has 170 valence electrons. The number of amides is 1. The molecule has 1 unspecified atom stereocenters. The average molecular weight is 468 g/mol. The molecule has 0 saturated heterocycles. The summed E-state index contributed by atoms with van der Waals surface area (Å²) >= 11 is 12.2. The molecule has 0 radical (unpaired) electrons. The first-order valence-electron chi connectivity index (χ1n) is 10.5. The van der Waals surface area contributed by atoms with Crippen LogP contribution < -0.4 is 10.1 Å². The molecule has 1 amide bonds. The van der Waals surface area contributed by atoms with Crippen LogP contribution in [0.3, 0.4) is 0 Å². The number of nitrogens with one attached hydrogen (secondary N) is 1. The zero-order valence-corrected chi connectivity index (χ0v) is 20.1. The van der Waals surface area contributed by atoms with Crippen LogP contribution in [0, 0.1) is 0 Å². The molecule has 5 nitrogen and oxygen atoms in total. The average Bonchev–Trinajstić information content (AvgIpc) is 2.66. The van der Waals surface area contributed by atoms with Crippen LogP contribution in [0.4, 0.5) is 4.79 Å². The van der Waals surface area contributed by atoms with Crippen molar-refractivity contribution < 1.29 is 19.0 Å². The van der Waals surface area contributed by atoms with Gasteiger partial charge in [0.25, 0.3) is 0 Å². The Bertz CT molecular complexity index is 834. The summed E-state index contributed by atoms with van der Waals surface area (Å²) < 4.78 is 17.2. The highest BCUT2D eigenvalue weighted by atomic mass is 35.5. The largest absolute Gasteiger partial charge is 0.457 e. The summed E-state index contributed by atoms with van der Waals surface area (Å²) in [5.74, 6) is 1.31. The maximum atomic E-state index is 11.8. The second kappa shape index (κ2) is 12.2. The maximum absolute atomic E-state index is 11.8. The van der Waals surface area contributed by atoms with Crippen LogP contribution in [0.15, 0.2) is 42.5 Å². The molecule has 0 aromatic heterocycles. The first kappa shape index (κ1) is 25.3. The number of hydrogen-bond acceptors (Lipinski definition) is 4. The van der Waals surface area contributed by atoms with Gasteiger partial charge in [-0.2, -0.15) is 0 Å². The summed E-state index contributed by atoms with van der Waals surface area (Å²) in [6.45, 7) is 8.51. The Morgan fingerprint density at radius 2 is 1.71 bits per heavy atom. The van der Waals surface area contributed by atoms with Gasteiger partial charge in [0.15, 0.2) is 0 Å². The Labute approximate surface area is 195 Å². The lowest BCUT2D eigenvalue weighted by Crippen LogP contribution is -2.34. The third kappa shape index (κ3) is 10.3. The van der Waals surface area contributed by atoms with Crippen molar-refractivity contribution in [3.05, 3.63) is 58.1 Å². The number of halogens is 2. The van der Waals surface area contributed by atoms with Crippen LogP contribution >= 0.6 is 23.2 Å². The molecule has 0 bridgehead atoms. The number of rotatable bonds is 10. The monoisotopic (exact) mass is 467 g/mol. The lowest BCUT2D eigenvalue weighted by Gasteiger charge is -2.21. The predicted octanol–water partition coefficient (Wildman–Crippen LogP) is 7.39. The third-order valence-electron chi connectivity index (χ3n) is 4.21. The zero-order valence-electron chi connectivity index (χ0n) is 18.5. The van der Waals surface area contributed by atoms with Crippen LogP contribution in [0.25, 0.3) is 0 Å². The smallest absolute Gasteiger partial charge is 0.407 e. The summed E-state index contributed by atoms with van der Waals surface area (Å²) in [7, 11) is 0. The van der Waals surface area contributed by atoms with E-state index in [0.29, 0.717) is 41.1 Å². The molecule has 0 heterocycles. The number of carbonyl (C=O) groups excluding carboxylic acids is 1. The molecule has 1 atom stereocenters. The molecule has 7 heteroatoms. The van der Waals surface area contributed by atoms with Crippen molar-refractivity contribution in [3.8, 4) is 11.5 Å². The lowest BCUT2D eigenvalue weighted by atomic mass is 10.1. The number of hydrogen-bond donors (Lipinski definition) is 1. The van der Waals surface area contributed by atoms with E-state index in [4.69, 9.17) is 37.4 Å². The molecular formula is C24H31Cl2NO4. The van der Waals surface area contributed by atoms with Gasteiger partial charge in [-0.3, -0.25) is 0 Å². The molecule has 2 rings (SSSR count). The second-order valence-corrected chi connectivity index (χ2v) is 9.16. The lowest BCUT2D eigenvalue weighted by molar-refractivity contribution is 0.0265. The minimum Gasteiger partial charge on any atom is -0.457 e. The fraction of sp³-hybridized carbons (Fsp3) is 0.458. The van der Waals surface area contributed by atoms with Gasteiger partial charge in [0.2, 0.25) is 0 Å². The van der Waals surface area contributed by atoms with Gasteiger partial charge in [-0.1, -0.05) is 36.5 Å². The van der Waals surface area contributed by atoms with Crippen molar-refractivity contribution in [2.24, 2.45) is 0 Å². The molecule has 0 spiro atoms. The van der Waals surface area contributed by atoms with E-state index in [1.165, 1.54) is 0 Å². The van der Waals surface area contributed by atoms with Crippen LogP contribution in [-0.2, 0) is 16.1 Å². The van der Waals surface area contributed by atoms with E-state index in [-0.39, 0.29) is 6.10 Å². The molecule has 0 fully saturated rings. The molecule has 0 aliphatic heterocycles. The number of alkyl carbamates (subject to hydrolysis) is 1. The Morgan fingerprint density at radius 3 is 2.35 bits per heavy atom. The molecule has 0 aliphatic rings. The number of ether oxygens (including phenoxy) is 3. The first-order valence-corrected chi connectivity index (χ1v) is 11.2. The Hall–Kier alpha value is -1.95. The second-order valence-electron chi connectivity index (χ2n) is 8.29. The number of benzene rings is 2. The summed E-state index contributed by atoms with van der Waals surface area (Å²) in [5, 5.41) is 4.01. The van der Waals surface area contributed by atoms with Crippen molar-refractivity contribution in [2.45, 2.75) is 65.3 Å². The SMILES string of the molecule is CCCC(CCNC(=O)OC(C)(C)C)OCc1cc(Cl)cc(Oc2ccc(Cl)cc2)c1. The zero-order chi connectivity index (χ0) is 22.9. The normalized spacial score (nSPS) is 12.3. The van der Waals surface area contributed by atoms with Crippen molar-refractivity contribution >= 4 is 29.3 Å². The van der Waals surface area contributed by atoms with Crippen molar-refractivity contribution in [2.75, 3.05) is 6.54 Å². The topological polar surface area (TPSA) is 56.8 Å². The summed E-state index contributed by atoms with van der Waals surface area (Å²) in [6.07, 6.45) is 2.17. The highest BCUT2D eigenvalue weighted by Gasteiger charge is 2.16. The third-order valence-corrected chi connectivity index (χ3v) is 4.68. The summed E-state index contributed by atoms with van der Waals surface area (Å²) in [4.78, 5) is 11.8. The van der Waals surface area contributed by atoms with Gasteiger partial charge in [0, 0.05) is 16.6 Å². The summed E-state index contributed by atoms with van der Waals surface area (Å²) in [5.41, 5.74) is 0.402. The Morgan fingerprint density at radius 1 is 1.00 bits per heavy atom. The van der Waals surface area contributed by atoms with Gasteiger partial charge in [0.1, 0.15) is 17.1 Å². The molecule has 1 N–H and O–H groups in total.